The van der Waals surface area contributed by atoms with Gasteiger partial charge in [0.25, 0.3) is 0 Å². The minimum atomic E-state index is 0.321. The standard InChI is InChI=1S/C20H30O/c1-10-13-7-12(19(10,3)4)8-15(13)17-16-9-14(18(17)21)11(2)20(16,5)6/h10-14,16H,7-9H2,1-6H3/b17-15-/t10?,11?,12-,13-,14+,16+/m0/s1. The van der Waals surface area contributed by atoms with E-state index in [-0.39, 0.29) is 0 Å². The van der Waals surface area contributed by atoms with Crippen LogP contribution in [0.2, 0.25) is 0 Å². The van der Waals surface area contributed by atoms with Crippen LogP contribution in [0.3, 0.4) is 0 Å². The smallest absolute Gasteiger partial charge is 0.162 e. The van der Waals surface area contributed by atoms with E-state index in [1.807, 2.05) is 0 Å². The van der Waals surface area contributed by atoms with Gasteiger partial charge in [-0.3, -0.25) is 4.79 Å². The molecule has 1 nitrogen and oxygen atoms in total. The van der Waals surface area contributed by atoms with Crippen LogP contribution < -0.4 is 0 Å². The largest absolute Gasteiger partial charge is 0.294 e. The molecule has 1 heteroatoms. The molecule has 4 saturated carbocycles. The number of carbonyl (C=O) groups excluding carboxylic acids is 1. The van der Waals surface area contributed by atoms with E-state index in [1.165, 1.54) is 18.4 Å². The molecule has 21 heavy (non-hydrogen) atoms. The Morgan fingerprint density at radius 1 is 0.905 bits per heavy atom. The molecule has 0 aromatic rings. The van der Waals surface area contributed by atoms with Crippen LogP contribution in [0.4, 0.5) is 0 Å². The lowest BCUT2D eigenvalue weighted by molar-refractivity contribution is -0.121. The normalized spacial score (nSPS) is 53.0. The number of fused-ring (bicyclic) bond motifs is 4. The van der Waals surface area contributed by atoms with Crippen molar-refractivity contribution < 1.29 is 4.79 Å². The average molecular weight is 286 g/mol. The maximum atomic E-state index is 12.9. The summed E-state index contributed by atoms with van der Waals surface area (Å²) >= 11 is 0. The van der Waals surface area contributed by atoms with Crippen molar-refractivity contribution in [2.24, 2.45) is 46.3 Å². The molecular formula is C20H30O. The zero-order chi connectivity index (χ0) is 15.3. The Balaban J connectivity index is 1.77. The van der Waals surface area contributed by atoms with Crippen molar-refractivity contribution in [3.05, 3.63) is 11.1 Å². The Hall–Kier alpha value is -0.590. The van der Waals surface area contributed by atoms with Crippen molar-refractivity contribution in [2.45, 2.75) is 60.8 Å². The fourth-order valence-corrected chi connectivity index (χ4v) is 6.40. The van der Waals surface area contributed by atoms with Crippen LogP contribution in [0.15, 0.2) is 11.1 Å². The van der Waals surface area contributed by atoms with Gasteiger partial charge < -0.3 is 0 Å². The van der Waals surface area contributed by atoms with Gasteiger partial charge in [-0.1, -0.05) is 47.1 Å². The SMILES string of the molecule is CC1[C@@H]2C[C@@H](C/C2=C2/C(=O)[C@@H]3C[C@H]2C(C)(C)C3C)C1(C)C. The topological polar surface area (TPSA) is 17.1 Å². The van der Waals surface area contributed by atoms with Gasteiger partial charge in [0.15, 0.2) is 5.78 Å². The maximum absolute atomic E-state index is 12.9. The minimum absolute atomic E-state index is 0.321. The Morgan fingerprint density at radius 2 is 1.52 bits per heavy atom. The van der Waals surface area contributed by atoms with Gasteiger partial charge in [-0.2, -0.15) is 0 Å². The van der Waals surface area contributed by atoms with E-state index < -0.39 is 0 Å². The van der Waals surface area contributed by atoms with Crippen molar-refractivity contribution in [3.63, 3.8) is 0 Å². The van der Waals surface area contributed by atoms with Gasteiger partial charge in [0.2, 0.25) is 0 Å². The third-order valence-corrected chi connectivity index (χ3v) is 8.74. The summed E-state index contributed by atoms with van der Waals surface area (Å²) in [7, 11) is 0. The van der Waals surface area contributed by atoms with E-state index in [2.05, 4.69) is 41.5 Å². The monoisotopic (exact) mass is 286 g/mol. The molecule has 0 heterocycles. The van der Waals surface area contributed by atoms with Gasteiger partial charge in [0.05, 0.1) is 0 Å². The van der Waals surface area contributed by atoms with Crippen LogP contribution in [0.1, 0.15) is 60.8 Å². The zero-order valence-corrected chi connectivity index (χ0v) is 14.5. The second-order valence-corrected chi connectivity index (χ2v) is 9.66. The molecule has 4 bridgehead atoms. The molecule has 116 valence electrons. The molecule has 2 unspecified atom stereocenters. The molecular weight excluding hydrogens is 256 g/mol. The third-order valence-electron chi connectivity index (χ3n) is 8.74. The lowest BCUT2D eigenvalue weighted by Gasteiger charge is -2.41. The zero-order valence-electron chi connectivity index (χ0n) is 14.5. The fourth-order valence-electron chi connectivity index (χ4n) is 6.40. The highest BCUT2D eigenvalue weighted by Crippen LogP contribution is 2.66. The molecule has 4 rings (SSSR count). The molecule has 0 aliphatic heterocycles. The quantitative estimate of drug-likeness (QED) is 0.581. The first-order valence-corrected chi connectivity index (χ1v) is 8.94. The highest BCUT2D eigenvalue weighted by Gasteiger charge is 2.61. The average Bonchev–Trinajstić information content (AvgIpc) is 3.06. The van der Waals surface area contributed by atoms with Crippen LogP contribution in [0.5, 0.6) is 0 Å². The Bertz CT molecular complexity index is 546. The predicted molar refractivity (Wildman–Crippen MR) is 85.7 cm³/mol. The van der Waals surface area contributed by atoms with Crippen molar-refractivity contribution in [1.82, 2.24) is 0 Å². The second-order valence-electron chi connectivity index (χ2n) is 9.66. The molecule has 4 fully saturated rings. The summed E-state index contributed by atoms with van der Waals surface area (Å²) < 4.78 is 0. The van der Waals surface area contributed by atoms with Gasteiger partial charge in [0, 0.05) is 5.92 Å². The lowest BCUT2D eigenvalue weighted by atomic mass is 9.62. The molecule has 0 amide bonds. The van der Waals surface area contributed by atoms with Gasteiger partial charge >= 0.3 is 0 Å². The first-order chi connectivity index (χ1) is 9.67. The van der Waals surface area contributed by atoms with E-state index in [1.54, 1.807) is 5.57 Å². The molecule has 0 aromatic carbocycles. The summed E-state index contributed by atoms with van der Waals surface area (Å²) in [6, 6.07) is 0. The highest BCUT2D eigenvalue weighted by atomic mass is 16.1. The number of hydrogen-bond acceptors (Lipinski definition) is 1. The maximum Gasteiger partial charge on any atom is 0.162 e. The summed E-state index contributed by atoms with van der Waals surface area (Å²) in [4.78, 5) is 12.9. The van der Waals surface area contributed by atoms with E-state index in [9.17, 15) is 4.79 Å². The molecule has 4 aliphatic carbocycles. The number of Topliss-reactive ketones (excluding diaryl/α,β-unsaturated/α-hetero) is 1. The minimum Gasteiger partial charge on any atom is -0.294 e. The molecule has 0 N–H and O–H groups in total. The van der Waals surface area contributed by atoms with Crippen LogP contribution >= 0.6 is 0 Å². The second kappa shape index (κ2) is 3.84. The van der Waals surface area contributed by atoms with E-state index in [4.69, 9.17) is 0 Å². The van der Waals surface area contributed by atoms with Crippen LogP contribution in [-0.2, 0) is 4.79 Å². The highest BCUT2D eigenvalue weighted by molar-refractivity contribution is 6.02. The first-order valence-electron chi connectivity index (χ1n) is 8.94. The molecule has 0 aromatic heterocycles. The lowest BCUT2D eigenvalue weighted by Crippen LogP contribution is -2.37. The van der Waals surface area contributed by atoms with Crippen molar-refractivity contribution >= 4 is 5.78 Å². The molecule has 0 saturated heterocycles. The molecule has 0 radical (unpaired) electrons. The molecule has 4 aliphatic rings. The number of allylic oxidation sites excluding steroid dienone is 2. The van der Waals surface area contributed by atoms with Gasteiger partial charge in [-0.05, 0) is 65.3 Å². The summed E-state index contributed by atoms with van der Waals surface area (Å²) in [5, 5.41) is 0. The number of ketones is 1. The van der Waals surface area contributed by atoms with E-state index in [0.29, 0.717) is 40.3 Å². The van der Waals surface area contributed by atoms with Crippen molar-refractivity contribution in [3.8, 4) is 0 Å². The van der Waals surface area contributed by atoms with Gasteiger partial charge in [-0.15, -0.1) is 0 Å². The van der Waals surface area contributed by atoms with Crippen LogP contribution in [-0.4, -0.2) is 5.78 Å². The number of hydrogen-bond donors (Lipinski definition) is 0. The van der Waals surface area contributed by atoms with Crippen LogP contribution in [0, 0.1) is 46.3 Å². The first kappa shape index (κ1) is 14.0. The predicted octanol–water partition coefficient (Wildman–Crippen LogP) is 4.87. The van der Waals surface area contributed by atoms with E-state index in [0.717, 1.165) is 18.3 Å². The summed E-state index contributed by atoms with van der Waals surface area (Å²) in [5.74, 6) is 4.24. The van der Waals surface area contributed by atoms with Gasteiger partial charge in [-0.25, -0.2) is 0 Å². The number of carbonyl (C=O) groups is 1. The molecule has 6 atom stereocenters. The van der Waals surface area contributed by atoms with Gasteiger partial charge in [0.1, 0.15) is 0 Å². The summed E-state index contributed by atoms with van der Waals surface area (Å²) in [6.07, 6.45) is 3.70. The van der Waals surface area contributed by atoms with Crippen molar-refractivity contribution in [1.29, 1.82) is 0 Å². The summed E-state index contributed by atoms with van der Waals surface area (Å²) in [5.41, 5.74) is 3.71. The van der Waals surface area contributed by atoms with Crippen molar-refractivity contribution in [2.75, 3.05) is 0 Å². The van der Waals surface area contributed by atoms with E-state index >= 15 is 0 Å². The third kappa shape index (κ3) is 1.46. The number of rotatable bonds is 0. The Kier molecular flexibility index (Phi) is 2.56. The fraction of sp³-hybridized carbons (Fsp3) is 0.850. The Morgan fingerprint density at radius 3 is 2.05 bits per heavy atom. The van der Waals surface area contributed by atoms with Crippen LogP contribution in [0.25, 0.3) is 0 Å². The Labute approximate surface area is 129 Å². The molecule has 0 spiro atoms. The summed E-state index contributed by atoms with van der Waals surface area (Å²) in [6.45, 7) is 14.4.